The van der Waals surface area contributed by atoms with Crippen LogP contribution in [0.3, 0.4) is 0 Å². The zero-order chi connectivity index (χ0) is 14.8. The summed E-state index contributed by atoms with van der Waals surface area (Å²) in [4.78, 5) is 10.9. The molecule has 1 rings (SSSR count). The standard InChI is InChI=1S/C17H26O3/c1-3-4-5-6-7-8-9-14-10-11-16(20-2)15(12-14)13-17(18)19/h10-12H,3-9,13H2,1-2H3,(H,18,19). The molecular weight excluding hydrogens is 252 g/mol. The second-order valence-electron chi connectivity index (χ2n) is 5.23. The molecule has 3 heteroatoms. The number of unbranched alkanes of at least 4 members (excludes halogenated alkanes) is 5. The van der Waals surface area contributed by atoms with Gasteiger partial charge in [-0.05, 0) is 24.5 Å². The number of methoxy groups -OCH3 is 1. The van der Waals surface area contributed by atoms with Gasteiger partial charge in [-0.3, -0.25) is 4.79 Å². The molecule has 0 aromatic heterocycles. The van der Waals surface area contributed by atoms with Crippen molar-refractivity contribution in [1.29, 1.82) is 0 Å². The average Bonchev–Trinajstić information content (AvgIpc) is 2.42. The number of aryl methyl sites for hydroxylation is 1. The van der Waals surface area contributed by atoms with Crippen LogP contribution in [0.5, 0.6) is 5.75 Å². The van der Waals surface area contributed by atoms with Crippen molar-refractivity contribution >= 4 is 5.97 Å². The maximum Gasteiger partial charge on any atom is 0.307 e. The maximum atomic E-state index is 10.9. The lowest BCUT2D eigenvalue weighted by molar-refractivity contribution is -0.136. The van der Waals surface area contributed by atoms with Crippen molar-refractivity contribution < 1.29 is 14.6 Å². The fraction of sp³-hybridized carbons (Fsp3) is 0.588. The van der Waals surface area contributed by atoms with E-state index in [1.165, 1.54) is 44.1 Å². The van der Waals surface area contributed by atoms with Crippen molar-refractivity contribution in [3.05, 3.63) is 29.3 Å². The van der Waals surface area contributed by atoms with Crippen LogP contribution in [0.2, 0.25) is 0 Å². The highest BCUT2D eigenvalue weighted by Gasteiger charge is 2.08. The van der Waals surface area contributed by atoms with E-state index in [1.807, 2.05) is 18.2 Å². The Morgan fingerprint density at radius 1 is 1.15 bits per heavy atom. The van der Waals surface area contributed by atoms with Crippen LogP contribution in [0.1, 0.15) is 56.6 Å². The van der Waals surface area contributed by atoms with E-state index in [0.29, 0.717) is 5.75 Å². The van der Waals surface area contributed by atoms with Crippen LogP contribution < -0.4 is 4.74 Å². The van der Waals surface area contributed by atoms with E-state index in [0.717, 1.165) is 12.0 Å². The molecule has 0 radical (unpaired) electrons. The van der Waals surface area contributed by atoms with E-state index in [9.17, 15) is 4.79 Å². The third-order valence-electron chi connectivity index (χ3n) is 3.51. The van der Waals surface area contributed by atoms with Gasteiger partial charge in [0.1, 0.15) is 5.75 Å². The second kappa shape index (κ2) is 9.40. The third kappa shape index (κ3) is 6.09. The van der Waals surface area contributed by atoms with Gasteiger partial charge in [0.2, 0.25) is 0 Å². The number of carboxylic acid groups (broad SMARTS) is 1. The molecule has 0 aliphatic rings. The monoisotopic (exact) mass is 278 g/mol. The molecule has 3 nitrogen and oxygen atoms in total. The summed E-state index contributed by atoms with van der Waals surface area (Å²) in [5.74, 6) is -0.154. The van der Waals surface area contributed by atoms with E-state index < -0.39 is 5.97 Å². The van der Waals surface area contributed by atoms with E-state index in [-0.39, 0.29) is 6.42 Å². The van der Waals surface area contributed by atoms with Crippen LogP contribution in [0.4, 0.5) is 0 Å². The van der Waals surface area contributed by atoms with Crippen LogP contribution in [0.25, 0.3) is 0 Å². The van der Waals surface area contributed by atoms with Crippen LogP contribution in [0, 0.1) is 0 Å². The summed E-state index contributed by atoms with van der Waals surface area (Å²) in [5.41, 5.74) is 1.97. The van der Waals surface area contributed by atoms with Crippen molar-refractivity contribution in [2.45, 2.75) is 58.3 Å². The van der Waals surface area contributed by atoms with Gasteiger partial charge in [-0.15, -0.1) is 0 Å². The SMILES string of the molecule is CCCCCCCCc1ccc(OC)c(CC(=O)O)c1. The quantitative estimate of drug-likeness (QED) is 0.652. The predicted molar refractivity (Wildman–Crippen MR) is 81.4 cm³/mol. The van der Waals surface area contributed by atoms with Crippen molar-refractivity contribution in [3.8, 4) is 5.75 Å². The topological polar surface area (TPSA) is 46.5 Å². The molecule has 0 aliphatic heterocycles. The van der Waals surface area contributed by atoms with Gasteiger partial charge in [-0.25, -0.2) is 0 Å². The zero-order valence-electron chi connectivity index (χ0n) is 12.7. The van der Waals surface area contributed by atoms with Crippen molar-refractivity contribution in [2.24, 2.45) is 0 Å². The highest BCUT2D eigenvalue weighted by atomic mass is 16.5. The molecule has 0 fully saturated rings. The summed E-state index contributed by atoms with van der Waals surface area (Å²) in [5, 5.41) is 8.92. The van der Waals surface area contributed by atoms with Crippen molar-refractivity contribution in [1.82, 2.24) is 0 Å². The maximum absolute atomic E-state index is 10.9. The summed E-state index contributed by atoms with van der Waals surface area (Å²) in [7, 11) is 1.58. The van der Waals surface area contributed by atoms with Crippen molar-refractivity contribution in [2.75, 3.05) is 7.11 Å². The Labute approximate surface area is 122 Å². The smallest absolute Gasteiger partial charge is 0.307 e. The van der Waals surface area contributed by atoms with E-state index in [1.54, 1.807) is 7.11 Å². The first-order chi connectivity index (χ1) is 9.67. The Hall–Kier alpha value is -1.51. The highest BCUT2D eigenvalue weighted by molar-refractivity contribution is 5.71. The lowest BCUT2D eigenvalue weighted by atomic mass is 10.0. The van der Waals surface area contributed by atoms with Gasteiger partial charge in [0.15, 0.2) is 0 Å². The minimum absolute atomic E-state index is 0.0213. The molecule has 1 aromatic rings. The molecular formula is C17H26O3. The molecule has 0 heterocycles. The number of aliphatic carboxylic acids is 1. The Bertz CT molecular complexity index is 413. The molecule has 0 amide bonds. The molecule has 112 valence electrons. The van der Waals surface area contributed by atoms with E-state index in [4.69, 9.17) is 9.84 Å². The number of ether oxygens (including phenoxy) is 1. The van der Waals surface area contributed by atoms with Crippen molar-refractivity contribution in [3.63, 3.8) is 0 Å². The highest BCUT2D eigenvalue weighted by Crippen LogP contribution is 2.22. The number of hydrogen-bond acceptors (Lipinski definition) is 2. The fourth-order valence-corrected chi connectivity index (χ4v) is 2.40. The van der Waals surface area contributed by atoms with Crippen LogP contribution in [-0.4, -0.2) is 18.2 Å². The number of hydrogen-bond donors (Lipinski definition) is 1. The lowest BCUT2D eigenvalue weighted by Gasteiger charge is -2.09. The van der Waals surface area contributed by atoms with Crippen LogP contribution in [0.15, 0.2) is 18.2 Å². The molecule has 0 saturated carbocycles. The molecule has 20 heavy (non-hydrogen) atoms. The van der Waals surface area contributed by atoms with Crippen LogP contribution >= 0.6 is 0 Å². The first kappa shape index (κ1) is 16.5. The molecule has 0 saturated heterocycles. The Morgan fingerprint density at radius 3 is 2.50 bits per heavy atom. The number of carbonyl (C=O) groups is 1. The minimum atomic E-state index is -0.819. The molecule has 0 aliphatic carbocycles. The van der Waals surface area contributed by atoms with E-state index >= 15 is 0 Å². The van der Waals surface area contributed by atoms with Gasteiger partial charge in [-0.2, -0.15) is 0 Å². The summed E-state index contributed by atoms with van der Waals surface area (Å²) >= 11 is 0. The zero-order valence-corrected chi connectivity index (χ0v) is 12.7. The molecule has 0 unspecified atom stereocenters. The molecule has 1 aromatic carbocycles. The Morgan fingerprint density at radius 2 is 1.85 bits per heavy atom. The van der Waals surface area contributed by atoms with Gasteiger partial charge < -0.3 is 9.84 Å². The molecule has 0 bridgehead atoms. The number of carboxylic acids is 1. The number of benzene rings is 1. The normalized spacial score (nSPS) is 10.5. The van der Waals surface area contributed by atoms with E-state index in [2.05, 4.69) is 6.92 Å². The Kier molecular flexibility index (Phi) is 7.78. The van der Waals surface area contributed by atoms with Crippen LogP contribution in [-0.2, 0) is 17.6 Å². The molecule has 0 atom stereocenters. The van der Waals surface area contributed by atoms with Gasteiger partial charge in [0, 0.05) is 5.56 Å². The van der Waals surface area contributed by atoms with Gasteiger partial charge >= 0.3 is 5.97 Å². The minimum Gasteiger partial charge on any atom is -0.496 e. The fourth-order valence-electron chi connectivity index (χ4n) is 2.40. The summed E-state index contributed by atoms with van der Waals surface area (Å²) in [6.07, 6.45) is 8.68. The average molecular weight is 278 g/mol. The first-order valence-electron chi connectivity index (χ1n) is 7.55. The molecule has 1 N–H and O–H groups in total. The summed E-state index contributed by atoms with van der Waals surface area (Å²) < 4.78 is 5.21. The van der Waals surface area contributed by atoms with Gasteiger partial charge in [0.05, 0.1) is 13.5 Å². The molecule has 0 spiro atoms. The first-order valence-corrected chi connectivity index (χ1v) is 7.55. The largest absolute Gasteiger partial charge is 0.496 e. The lowest BCUT2D eigenvalue weighted by Crippen LogP contribution is -2.03. The third-order valence-corrected chi connectivity index (χ3v) is 3.51. The second-order valence-corrected chi connectivity index (χ2v) is 5.23. The van der Waals surface area contributed by atoms with Gasteiger partial charge in [0.25, 0.3) is 0 Å². The predicted octanol–water partition coefficient (Wildman–Crippen LogP) is 4.23. The number of rotatable bonds is 10. The summed E-state index contributed by atoms with van der Waals surface area (Å²) in [6, 6.07) is 5.89. The summed E-state index contributed by atoms with van der Waals surface area (Å²) in [6.45, 7) is 2.22. The van der Waals surface area contributed by atoms with Gasteiger partial charge in [-0.1, -0.05) is 51.2 Å². The Balaban J connectivity index is 2.47.